The average molecular weight is 328 g/mol. The molecular weight excluding hydrogens is 309 g/mol. The molecule has 6 heteroatoms. The fourth-order valence-corrected chi connectivity index (χ4v) is 2.52. The normalized spacial score (nSPS) is 12.4. The molecule has 0 bridgehead atoms. The van der Waals surface area contributed by atoms with E-state index in [1.165, 1.54) is 0 Å². The molecule has 0 fully saturated rings. The van der Waals surface area contributed by atoms with E-state index < -0.39 is 0 Å². The fourth-order valence-electron chi connectivity index (χ4n) is 2.12. The molecule has 0 radical (unpaired) electrons. The second-order valence-electron chi connectivity index (χ2n) is 4.71. The molecule has 1 heterocycles. The summed E-state index contributed by atoms with van der Waals surface area (Å²) in [4.78, 5) is 0. The first-order chi connectivity index (χ1) is 10.2. The summed E-state index contributed by atoms with van der Waals surface area (Å²) in [6, 6.07) is 7.28. The molecule has 2 rings (SSSR count). The van der Waals surface area contributed by atoms with Crippen molar-refractivity contribution in [1.29, 1.82) is 0 Å². The van der Waals surface area contributed by atoms with Gasteiger partial charge >= 0.3 is 0 Å². The molecule has 2 aromatic rings. The quantitative estimate of drug-likeness (QED) is 0.837. The zero-order chi connectivity index (χ0) is 15.2. The SMILES string of the molecule is CCCn1ncc(Cl)c1C(COc1ccc(Cl)cc1)NC. The molecule has 1 unspecified atom stereocenters. The van der Waals surface area contributed by atoms with Crippen LogP contribution in [0, 0.1) is 0 Å². The number of rotatable bonds is 7. The molecule has 0 saturated heterocycles. The van der Waals surface area contributed by atoms with Crippen LogP contribution in [-0.2, 0) is 6.54 Å². The summed E-state index contributed by atoms with van der Waals surface area (Å²) in [6.45, 7) is 3.41. The van der Waals surface area contributed by atoms with Crippen molar-refractivity contribution in [3.63, 3.8) is 0 Å². The van der Waals surface area contributed by atoms with E-state index in [1.807, 2.05) is 23.9 Å². The summed E-state index contributed by atoms with van der Waals surface area (Å²) in [7, 11) is 1.88. The van der Waals surface area contributed by atoms with Crippen molar-refractivity contribution in [2.45, 2.75) is 25.9 Å². The van der Waals surface area contributed by atoms with E-state index in [4.69, 9.17) is 27.9 Å². The van der Waals surface area contributed by atoms with Crippen LogP contribution in [0.3, 0.4) is 0 Å². The van der Waals surface area contributed by atoms with E-state index in [-0.39, 0.29) is 6.04 Å². The highest BCUT2D eigenvalue weighted by atomic mass is 35.5. The Morgan fingerprint density at radius 1 is 1.29 bits per heavy atom. The molecular formula is C15H19Cl2N3O. The Balaban J connectivity index is 2.09. The number of nitrogens with zero attached hydrogens (tertiary/aromatic N) is 2. The monoisotopic (exact) mass is 327 g/mol. The molecule has 4 nitrogen and oxygen atoms in total. The molecule has 1 aromatic heterocycles. The van der Waals surface area contributed by atoms with Crippen LogP contribution < -0.4 is 10.1 Å². The molecule has 1 atom stereocenters. The van der Waals surface area contributed by atoms with Gasteiger partial charge in [-0.05, 0) is 37.7 Å². The lowest BCUT2D eigenvalue weighted by molar-refractivity contribution is 0.265. The predicted molar refractivity (Wildman–Crippen MR) is 86.3 cm³/mol. The van der Waals surface area contributed by atoms with Crippen molar-refractivity contribution >= 4 is 23.2 Å². The Morgan fingerprint density at radius 2 is 2.00 bits per heavy atom. The van der Waals surface area contributed by atoms with Gasteiger partial charge < -0.3 is 10.1 Å². The van der Waals surface area contributed by atoms with Crippen LogP contribution >= 0.6 is 23.2 Å². The minimum atomic E-state index is -0.0257. The molecule has 0 aliphatic heterocycles. The standard InChI is InChI=1S/C15H19Cl2N3O/c1-3-8-20-15(13(17)9-19-20)14(18-2)10-21-12-6-4-11(16)5-7-12/h4-7,9,14,18H,3,8,10H2,1-2H3. The molecule has 1 N–H and O–H groups in total. The molecule has 0 aliphatic rings. The first-order valence-corrected chi connectivity index (χ1v) is 7.68. The van der Waals surface area contributed by atoms with Crippen LogP contribution in [0.2, 0.25) is 10.0 Å². The van der Waals surface area contributed by atoms with Gasteiger partial charge in [-0.15, -0.1) is 0 Å². The Kier molecular flexibility index (Phi) is 5.91. The van der Waals surface area contributed by atoms with Crippen molar-refractivity contribution in [3.8, 4) is 5.75 Å². The number of aryl methyl sites for hydroxylation is 1. The molecule has 0 spiro atoms. The third-order valence-corrected chi connectivity index (χ3v) is 3.72. The van der Waals surface area contributed by atoms with Gasteiger partial charge in [-0.25, -0.2) is 0 Å². The molecule has 1 aromatic carbocycles. The van der Waals surface area contributed by atoms with Crippen LogP contribution in [-0.4, -0.2) is 23.4 Å². The van der Waals surface area contributed by atoms with Crippen LogP contribution in [0.25, 0.3) is 0 Å². The zero-order valence-corrected chi connectivity index (χ0v) is 13.7. The second kappa shape index (κ2) is 7.69. The van der Waals surface area contributed by atoms with Crippen LogP contribution in [0.5, 0.6) is 5.75 Å². The highest BCUT2D eigenvalue weighted by molar-refractivity contribution is 6.31. The zero-order valence-electron chi connectivity index (χ0n) is 12.1. The van der Waals surface area contributed by atoms with E-state index in [0.29, 0.717) is 16.7 Å². The minimum absolute atomic E-state index is 0.0257. The van der Waals surface area contributed by atoms with E-state index >= 15 is 0 Å². The van der Waals surface area contributed by atoms with Crippen molar-refractivity contribution in [2.24, 2.45) is 0 Å². The molecule has 114 valence electrons. The maximum Gasteiger partial charge on any atom is 0.119 e. The summed E-state index contributed by atoms with van der Waals surface area (Å²) in [5, 5.41) is 8.89. The van der Waals surface area contributed by atoms with Gasteiger partial charge in [0.2, 0.25) is 0 Å². The van der Waals surface area contributed by atoms with Gasteiger partial charge in [0.15, 0.2) is 0 Å². The summed E-state index contributed by atoms with van der Waals surface area (Å²) >= 11 is 12.1. The van der Waals surface area contributed by atoms with Crippen LogP contribution in [0.4, 0.5) is 0 Å². The highest BCUT2D eigenvalue weighted by Gasteiger charge is 2.19. The lowest BCUT2D eigenvalue weighted by Gasteiger charge is -2.19. The van der Waals surface area contributed by atoms with Gasteiger partial charge in [0.25, 0.3) is 0 Å². The lowest BCUT2D eigenvalue weighted by Crippen LogP contribution is -2.26. The number of ether oxygens (including phenoxy) is 1. The van der Waals surface area contributed by atoms with E-state index in [9.17, 15) is 0 Å². The van der Waals surface area contributed by atoms with Gasteiger partial charge in [-0.3, -0.25) is 4.68 Å². The summed E-state index contributed by atoms with van der Waals surface area (Å²) in [5.74, 6) is 0.775. The Labute approximate surface area is 135 Å². The molecule has 0 saturated carbocycles. The van der Waals surface area contributed by atoms with E-state index in [0.717, 1.165) is 24.4 Å². The minimum Gasteiger partial charge on any atom is -0.492 e. The number of aromatic nitrogens is 2. The van der Waals surface area contributed by atoms with Gasteiger partial charge in [-0.1, -0.05) is 30.1 Å². The number of benzene rings is 1. The summed E-state index contributed by atoms with van der Waals surface area (Å²) in [5.41, 5.74) is 0.954. The second-order valence-corrected chi connectivity index (χ2v) is 5.55. The fraction of sp³-hybridized carbons (Fsp3) is 0.400. The van der Waals surface area contributed by atoms with Crippen molar-refractivity contribution in [1.82, 2.24) is 15.1 Å². The van der Waals surface area contributed by atoms with E-state index in [1.54, 1.807) is 18.3 Å². The Hall–Kier alpha value is -1.23. The average Bonchev–Trinajstić information content (AvgIpc) is 2.84. The number of likely N-dealkylation sites (N-methyl/N-ethyl adjacent to an activating group) is 1. The highest BCUT2D eigenvalue weighted by Crippen LogP contribution is 2.24. The van der Waals surface area contributed by atoms with Gasteiger partial charge in [-0.2, -0.15) is 5.10 Å². The maximum atomic E-state index is 6.26. The molecule has 21 heavy (non-hydrogen) atoms. The van der Waals surface area contributed by atoms with Crippen molar-refractivity contribution in [3.05, 3.63) is 46.2 Å². The first kappa shape index (κ1) is 16.1. The topological polar surface area (TPSA) is 39.1 Å². The Bertz CT molecular complexity index is 569. The third kappa shape index (κ3) is 4.13. The first-order valence-electron chi connectivity index (χ1n) is 6.92. The van der Waals surface area contributed by atoms with Gasteiger partial charge in [0, 0.05) is 11.6 Å². The number of nitrogens with one attached hydrogen (secondary N) is 1. The smallest absolute Gasteiger partial charge is 0.119 e. The molecule has 0 amide bonds. The molecule has 0 aliphatic carbocycles. The van der Waals surface area contributed by atoms with Crippen LogP contribution in [0.1, 0.15) is 25.1 Å². The maximum absolute atomic E-state index is 6.26. The largest absolute Gasteiger partial charge is 0.492 e. The number of hydrogen-bond acceptors (Lipinski definition) is 3. The number of hydrogen-bond donors (Lipinski definition) is 1. The lowest BCUT2D eigenvalue weighted by atomic mass is 10.2. The van der Waals surface area contributed by atoms with Gasteiger partial charge in [0.05, 0.1) is 23.0 Å². The van der Waals surface area contributed by atoms with Crippen LogP contribution in [0.15, 0.2) is 30.5 Å². The summed E-state index contributed by atoms with van der Waals surface area (Å²) in [6.07, 6.45) is 2.68. The summed E-state index contributed by atoms with van der Waals surface area (Å²) < 4.78 is 7.73. The Morgan fingerprint density at radius 3 is 2.62 bits per heavy atom. The van der Waals surface area contributed by atoms with Crippen molar-refractivity contribution < 1.29 is 4.74 Å². The predicted octanol–water partition coefficient (Wildman–Crippen LogP) is 3.94. The van der Waals surface area contributed by atoms with Crippen molar-refractivity contribution in [2.75, 3.05) is 13.7 Å². The van der Waals surface area contributed by atoms with E-state index in [2.05, 4.69) is 17.3 Å². The number of halogens is 2. The van der Waals surface area contributed by atoms with Gasteiger partial charge in [0.1, 0.15) is 12.4 Å². The third-order valence-electron chi connectivity index (χ3n) is 3.18.